The Balaban J connectivity index is 1.93. The quantitative estimate of drug-likeness (QED) is 0.638. The number of nitrogens with zero attached hydrogens (tertiary/aromatic N) is 1. The molecule has 2 nitrogen and oxygen atoms in total. The van der Waals surface area contributed by atoms with Gasteiger partial charge in [0.25, 0.3) is 0 Å². The lowest BCUT2D eigenvalue weighted by Crippen LogP contribution is -2.35. The Bertz CT molecular complexity index is 212. The monoisotopic (exact) mass is 194 g/mol. The molecule has 80 valence electrons. The van der Waals surface area contributed by atoms with Crippen LogP contribution in [-0.2, 0) is 0 Å². The molecule has 0 spiro atoms. The first-order valence-electron chi connectivity index (χ1n) is 6.11. The van der Waals surface area contributed by atoms with Crippen LogP contribution in [0.2, 0.25) is 0 Å². The summed E-state index contributed by atoms with van der Waals surface area (Å²) in [4.78, 5) is 2.37. The molecule has 1 saturated carbocycles. The molecule has 0 aromatic rings. The van der Waals surface area contributed by atoms with E-state index in [-0.39, 0.29) is 0 Å². The second-order valence-corrected chi connectivity index (χ2v) is 5.01. The minimum atomic E-state index is 0.704. The van der Waals surface area contributed by atoms with Crippen molar-refractivity contribution in [2.45, 2.75) is 57.9 Å². The van der Waals surface area contributed by atoms with Crippen molar-refractivity contribution < 1.29 is 0 Å². The summed E-state index contributed by atoms with van der Waals surface area (Å²) in [6.07, 6.45) is 9.02. The van der Waals surface area contributed by atoms with Gasteiger partial charge in [0.15, 0.2) is 0 Å². The summed E-state index contributed by atoms with van der Waals surface area (Å²) < 4.78 is 0. The largest absolute Gasteiger partial charge is 0.358 e. The van der Waals surface area contributed by atoms with E-state index in [1.807, 2.05) is 0 Å². The van der Waals surface area contributed by atoms with E-state index < -0.39 is 0 Å². The maximum absolute atomic E-state index is 7.89. The maximum atomic E-state index is 7.89. The zero-order chi connectivity index (χ0) is 9.97. The third-order valence-corrected chi connectivity index (χ3v) is 3.83. The average Bonchev–Trinajstić information content (AvgIpc) is 2.46. The summed E-state index contributed by atoms with van der Waals surface area (Å²) in [5, 5.41) is 7.89. The topological polar surface area (TPSA) is 27.1 Å². The molecule has 2 heteroatoms. The van der Waals surface area contributed by atoms with Crippen molar-refractivity contribution in [3.05, 3.63) is 0 Å². The molecular weight excluding hydrogens is 172 g/mol. The van der Waals surface area contributed by atoms with Crippen LogP contribution in [0.1, 0.15) is 51.9 Å². The van der Waals surface area contributed by atoms with E-state index in [0.29, 0.717) is 6.04 Å². The van der Waals surface area contributed by atoms with E-state index in [1.165, 1.54) is 38.5 Å². The zero-order valence-corrected chi connectivity index (χ0v) is 9.26. The highest BCUT2D eigenvalue weighted by Gasteiger charge is 2.26. The standard InChI is InChI=1S/C12H22N2/c1-10-4-2-5-11(8-7-10)14-9-3-6-12(14)13/h10-11,13H,2-9H2,1H3. The smallest absolute Gasteiger partial charge is 0.0960 e. The lowest BCUT2D eigenvalue weighted by Gasteiger charge is -2.28. The van der Waals surface area contributed by atoms with Crippen molar-refractivity contribution >= 4 is 5.84 Å². The molecule has 2 fully saturated rings. The predicted molar refractivity (Wildman–Crippen MR) is 59.7 cm³/mol. The highest BCUT2D eigenvalue weighted by atomic mass is 15.2. The Morgan fingerprint density at radius 1 is 1.14 bits per heavy atom. The molecule has 2 unspecified atom stereocenters. The first-order chi connectivity index (χ1) is 6.77. The van der Waals surface area contributed by atoms with Crippen molar-refractivity contribution in [1.82, 2.24) is 4.90 Å². The SMILES string of the molecule is CC1CCCC(N2CCCC2=N)CC1. The molecule has 14 heavy (non-hydrogen) atoms. The second-order valence-electron chi connectivity index (χ2n) is 5.01. The van der Waals surface area contributed by atoms with Crippen molar-refractivity contribution in [2.24, 2.45) is 5.92 Å². The van der Waals surface area contributed by atoms with Gasteiger partial charge in [0, 0.05) is 19.0 Å². The average molecular weight is 194 g/mol. The van der Waals surface area contributed by atoms with Gasteiger partial charge < -0.3 is 4.90 Å². The zero-order valence-electron chi connectivity index (χ0n) is 9.26. The minimum Gasteiger partial charge on any atom is -0.358 e. The van der Waals surface area contributed by atoms with Gasteiger partial charge in [0.1, 0.15) is 0 Å². The molecule has 0 aromatic heterocycles. The van der Waals surface area contributed by atoms with Crippen LogP contribution in [0.4, 0.5) is 0 Å². The van der Waals surface area contributed by atoms with E-state index >= 15 is 0 Å². The second kappa shape index (κ2) is 4.33. The molecule has 0 aromatic carbocycles. The highest BCUT2D eigenvalue weighted by Crippen LogP contribution is 2.28. The summed E-state index contributed by atoms with van der Waals surface area (Å²) in [7, 11) is 0. The van der Waals surface area contributed by atoms with E-state index in [1.54, 1.807) is 0 Å². The van der Waals surface area contributed by atoms with Crippen LogP contribution >= 0.6 is 0 Å². The van der Waals surface area contributed by atoms with Crippen molar-refractivity contribution in [3.63, 3.8) is 0 Å². The molecule has 0 radical (unpaired) electrons. The molecule has 2 atom stereocenters. The fourth-order valence-corrected chi connectivity index (χ4v) is 2.88. The van der Waals surface area contributed by atoms with E-state index in [9.17, 15) is 0 Å². The van der Waals surface area contributed by atoms with Gasteiger partial charge in [-0.15, -0.1) is 0 Å². The Morgan fingerprint density at radius 2 is 2.00 bits per heavy atom. The minimum absolute atomic E-state index is 0.704. The van der Waals surface area contributed by atoms with Gasteiger partial charge in [0.2, 0.25) is 0 Å². The molecule has 1 aliphatic carbocycles. The molecular formula is C12H22N2. The third kappa shape index (κ3) is 2.10. The van der Waals surface area contributed by atoms with Gasteiger partial charge in [-0.1, -0.05) is 19.8 Å². The van der Waals surface area contributed by atoms with Gasteiger partial charge in [-0.25, -0.2) is 0 Å². The Kier molecular flexibility index (Phi) is 3.09. The summed E-state index contributed by atoms with van der Waals surface area (Å²) in [5.74, 6) is 1.82. The van der Waals surface area contributed by atoms with E-state index in [2.05, 4.69) is 11.8 Å². The lowest BCUT2D eigenvalue weighted by molar-refractivity contribution is 0.299. The third-order valence-electron chi connectivity index (χ3n) is 3.83. The van der Waals surface area contributed by atoms with Crippen LogP contribution in [-0.4, -0.2) is 23.3 Å². The molecule has 0 bridgehead atoms. The summed E-state index contributed by atoms with van der Waals surface area (Å²) in [6, 6.07) is 0.704. The molecule has 1 N–H and O–H groups in total. The van der Waals surface area contributed by atoms with Gasteiger partial charge in [-0.3, -0.25) is 5.41 Å². The maximum Gasteiger partial charge on any atom is 0.0960 e. The normalized spacial score (nSPS) is 34.6. The number of nitrogens with one attached hydrogen (secondary N) is 1. The Labute approximate surface area is 87.2 Å². The fourth-order valence-electron chi connectivity index (χ4n) is 2.88. The van der Waals surface area contributed by atoms with Gasteiger partial charge in [-0.2, -0.15) is 0 Å². The van der Waals surface area contributed by atoms with Crippen LogP contribution in [0.15, 0.2) is 0 Å². The van der Waals surface area contributed by atoms with Crippen LogP contribution in [0.5, 0.6) is 0 Å². The summed E-state index contributed by atoms with van der Waals surface area (Å²) in [5.41, 5.74) is 0. The van der Waals surface area contributed by atoms with E-state index in [4.69, 9.17) is 5.41 Å². The van der Waals surface area contributed by atoms with Crippen LogP contribution in [0, 0.1) is 11.3 Å². The highest BCUT2D eigenvalue weighted by molar-refractivity contribution is 5.81. The van der Waals surface area contributed by atoms with Gasteiger partial charge >= 0.3 is 0 Å². The Morgan fingerprint density at radius 3 is 2.71 bits per heavy atom. The molecule has 0 amide bonds. The number of rotatable bonds is 1. The fraction of sp³-hybridized carbons (Fsp3) is 0.917. The molecule has 1 heterocycles. The first kappa shape index (κ1) is 10.0. The van der Waals surface area contributed by atoms with Crippen LogP contribution < -0.4 is 0 Å². The van der Waals surface area contributed by atoms with E-state index in [0.717, 1.165) is 24.7 Å². The number of hydrogen-bond acceptors (Lipinski definition) is 1. The summed E-state index contributed by atoms with van der Waals surface area (Å²) >= 11 is 0. The van der Waals surface area contributed by atoms with Gasteiger partial charge in [0.05, 0.1) is 5.84 Å². The molecule has 1 aliphatic heterocycles. The predicted octanol–water partition coefficient (Wildman–Crippen LogP) is 3.03. The van der Waals surface area contributed by atoms with Crippen molar-refractivity contribution in [1.29, 1.82) is 5.41 Å². The number of amidine groups is 1. The molecule has 2 aliphatic rings. The number of hydrogen-bond donors (Lipinski definition) is 1. The van der Waals surface area contributed by atoms with Gasteiger partial charge in [-0.05, 0) is 31.6 Å². The summed E-state index contributed by atoms with van der Waals surface area (Å²) in [6.45, 7) is 3.52. The molecule has 1 saturated heterocycles. The van der Waals surface area contributed by atoms with Crippen LogP contribution in [0.25, 0.3) is 0 Å². The van der Waals surface area contributed by atoms with Crippen molar-refractivity contribution in [2.75, 3.05) is 6.54 Å². The van der Waals surface area contributed by atoms with Crippen LogP contribution in [0.3, 0.4) is 0 Å². The first-order valence-corrected chi connectivity index (χ1v) is 6.11. The molecule has 2 rings (SSSR count). The number of likely N-dealkylation sites (tertiary alicyclic amines) is 1. The lowest BCUT2D eigenvalue weighted by atomic mass is 10.0. The van der Waals surface area contributed by atoms with Crippen molar-refractivity contribution in [3.8, 4) is 0 Å². The Hall–Kier alpha value is -0.530.